The van der Waals surface area contributed by atoms with E-state index in [2.05, 4.69) is 24.3 Å². The first-order valence-corrected chi connectivity index (χ1v) is 8.70. The summed E-state index contributed by atoms with van der Waals surface area (Å²) in [5, 5.41) is 0. The zero-order valence-electron chi connectivity index (χ0n) is 15.1. The van der Waals surface area contributed by atoms with Crippen molar-refractivity contribution in [3.8, 4) is 0 Å². The molecule has 0 radical (unpaired) electrons. The highest BCUT2D eigenvalue weighted by atomic mass is 19.1. The van der Waals surface area contributed by atoms with E-state index < -0.39 is 5.41 Å². The van der Waals surface area contributed by atoms with Crippen molar-refractivity contribution < 1.29 is 9.18 Å². The first kappa shape index (κ1) is 17.5. The van der Waals surface area contributed by atoms with Gasteiger partial charge in [0.2, 0.25) is 5.91 Å². The van der Waals surface area contributed by atoms with Crippen molar-refractivity contribution in [3.63, 3.8) is 0 Å². The number of halogens is 1. The van der Waals surface area contributed by atoms with Gasteiger partial charge in [0, 0.05) is 33.4 Å². The van der Waals surface area contributed by atoms with Gasteiger partial charge in [0.05, 0.1) is 5.41 Å². The zero-order chi connectivity index (χ0) is 18.0. The van der Waals surface area contributed by atoms with Gasteiger partial charge in [0.25, 0.3) is 0 Å². The molecule has 1 fully saturated rings. The van der Waals surface area contributed by atoms with Crippen LogP contribution in [0.4, 0.5) is 10.1 Å². The van der Waals surface area contributed by atoms with Gasteiger partial charge in [-0.1, -0.05) is 30.7 Å². The summed E-state index contributed by atoms with van der Waals surface area (Å²) in [7, 11) is 5.84. The van der Waals surface area contributed by atoms with E-state index in [1.54, 1.807) is 11.0 Å². The van der Waals surface area contributed by atoms with Gasteiger partial charge in [0.1, 0.15) is 5.82 Å². The van der Waals surface area contributed by atoms with Gasteiger partial charge < -0.3 is 9.80 Å². The average Bonchev–Trinajstić information content (AvgIpc) is 2.54. The molecule has 0 aromatic heterocycles. The molecule has 1 amide bonds. The lowest BCUT2D eigenvalue weighted by Crippen LogP contribution is -2.49. The van der Waals surface area contributed by atoms with E-state index in [9.17, 15) is 9.18 Å². The number of rotatable bonds is 5. The number of amides is 1. The predicted molar refractivity (Wildman–Crippen MR) is 99.2 cm³/mol. The lowest BCUT2D eigenvalue weighted by Gasteiger charge is -2.43. The van der Waals surface area contributed by atoms with Crippen LogP contribution in [0.15, 0.2) is 48.5 Å². The van der Waals surface area contributed by atoms with E-state index in [0.29, 0.717) is 6.54 Å². The minimum absolute atomic E-state index is 0.0843. The van der Waals surface area contributed by atoms with Crippen molar-refractivity contribution in [2.24, 2.45) is 0 Å². The highest BCUT2D eigenvalue weighted by Crippen LogP contribution is 2.45. The Kier molecular flexibility index (Phi) is 4.80. The maximum Gasteiger partial charge on any atom is 0.233 e. The highest BCUT2D eigenvalue weighted by molar-refractivity contribution is 5.89. The number of likely N-dealkylation sites (N-methyl/N-ethyl adjacent to an activating group) is 1. The number of hydrogen-bond acceptors (Lipinski definition) is 2. The molecule has 0 saturated heterocycles. The van der Waals surface area contributed by atoms with Crippen LogP contribution in [0.25, 0.3) is 0 Å². The minimum atomic E-state index is -0.555. The van der Waals surface area contributed by atoms with Crippen molar-refractivity contribution in [3.05, 3.63) is 65.5 Å². The molecule has 4 heteroatoms. The van der Waals surface area contributed by atoms with Crippen LogP contribution in [0.5, 0.6) is 0 Å². The molecule has 1 saturated carbocycles. The Morgan fingerprint density at radius 1 is 1.08 bits per heavy atom. The zero-order valence-corrected chi connectivity index (χ0v) is 15.1. The molecule has 0 bridgehead atoms. The van der Waals surface area contributed by atoms with Gasteiger partial charge in [-0.25, -0.2) is 4.39 Å². The summed E-state index contributed by atoms with van der Waals surface area (Å²) in [6.45, 7) is 0.559. The van der Waals surface area contributed by atoms with Crippen LogP contribution in [0.1, 0.15) is 30.4 Å². The molecule has 1 aliphatic carbocycles. The highest BCUT2D eigenvalue weighted by Gasteiger charge is 2.47. The molecule has 0 aliphatic heterocycles. The Bertz CT molecular complexity index is 751. The summed E-state index contributed by atoms with van der Waals surface area (Å²) in [6, 6.07) is 14.7. The quantitative estimate of drug-likeness (QED) is 0.822. The Morgan fingerprint density at radius 2 is 1.76 bits per heavy atom. The number of carbonyl (C=O) groups is 1. The number of carbonyl (C=O) groups excluding carboxylic acids is 1. The lowest BCUT2D eigenvalue weighted by atomic mass is 9.63. The molecular formula is C21H25FN2O. The monoisotopic (exact) mass is 340 g/mol. The van der Waals surface area contributed by atoms with E-state index in [-0.39, 0.29) is 11.7 Å². The van der Waals surface area contributed by atoms with Crippen LogP contribution >= 0.6 is 0 Å². The predicted octanol–water partition coefficient (Wildman–Crippen LogP) is 3.97. The van der Waals surface area contributed by atoms with Crippen LogP contribution in [0.2, 0.25) is 0 Å². The molecule has 0 unspecified atom stereocenters. The first-order valence-electron chi connectivity index (χ1n) is 8.70. The van der Waals surface area contributed by atoms with Crippen molar-refractivity contribution in [1.29, 1.82) is 0 Å². The second-order valence-corrected chi connectivity index (χ2v) is 7.17. The average molecular weight is 340 g/mol. The van der Waals surface area contributed by atoms with Crippen LogP contribution in [-0.4, -0.2) is 32.0 Å². The van der Waals surface area contributed by atoms with Crippen LogP contribution in [0.3, 0.4) is 0 Å². The Hall–Kier alpha value is -2.36. The molecule has 1 aliphatic rings. The summed E-state index contributed by atoms with van der Waals surface area (Å²) in [5.41, 5.74) is 2.47. The van der Waals surface area contributed by atoms with E-state index in [0.717, 1.165) is 36.1 Å². The van der Waals surface area contributed by atoms with Gasteiger partial charge in [-0.3, -0.25) is 4.79 Å². The third-order valence-electron chi connectivity index (χ3n) is 5.21. The normalized spacial score (nSPS) is 15.4. The molecule has 3 nitrogen and oxygen atoms in total. The summed E-state index contributed by atoms with van der Waals surface area (Å²) >= 11 is 0. The van der Waals surface area contributed by atoms with Crippen LogP contribution < -0.4 is 4.90 Å². The van der Waals surface area contributed by atoms with Crippen LogP contribution in [-0.2, 0) is 16.8 Å². The summed E-state index contributed by atoms with van der Waals surface area (Å²) in [6.07, 6.45) is 2.59. The molecule has 25 heavy (non-hydrogen) atoms. The van der Waals surface area contributed by atoms with E-state index in [1.165, 1.54) is 12.1 Å². The van der Waals surface area contributed by atoms with E-state index >= 15 is 0 Å². The third-order valence-corrected chi connectivity index (χ3v) is 5.21. The van der Waals surface area contributed by atoms with Crippen molar-refractivity contribution in [2.75, 3.05) is 26.0 Å². The van der Waals surface area contributed by atoms with Crippen molar-refractivity contribution in [2.45, 2.75) is 31.2 Å². The number of nitrogens with zero attached hydrogens (tertiary/aromatic N) is 2. The van der Waals surface area contributed by atoms with Crippen molar-refractivity contribution >= 4 is 11.6 Å². The Labute approximate surface area is 149 Å². The summed E-state index contributed by atoms with van der Waals surface area (Å²) in [5.74, 6) is -0.195. The Balaban J connectivity index is 1.76. The topological polar surface area (TPSA) is 23.6 Å². The standard InChI is InChI=1S/C21H25FN2O/c1-23(2)19-10-8-16(9-11-19)15-24(3)20(25)21(12-5-13-21)17-6-4-7-18(22)14-17/h4,6-11,14H,5,12-13,15H2,1-3H3. The minimum Gasteiger partial charge on any atom is -0.378 e. The number of benzene rings is 2. The SMILES string of the molecule is CN(Cc1ccc(N(C)C)cc1)C(=O)C1(c2cccc(F)c2)CCC1. The molecule has 2 aromatic carbocycles. The molecule has 2 aromatic rings. The van der Waals surface area contributed by atoms with E-state index in [1.807, 2.05) is 32.1 Å². The lowest BCUT2D eigenvalue weighted by molar-refractivity contribution is -0.140. The van der Waals surface area contributed by atoms with Gasteiger partial charge in [-0.05, 0) is 48.2 Å². The fraction of sp³-hybridized carbons (Fsp3) is 0.381. The second kappa shape index (κ2) is 6.87. The largest absolute Gasteiger partial charge is 0.378 e. The molecule has 0 heterocycles. The number of anilines is 1. The van der Waals surface area contributed by atoms with Crippen molar-refractivity contribution in [1.82, 2.24) is 4.90 Å². The molecule has 0 atom stereocenters. The van der Waals surface area contributed by atoms with E-state index in [4.69, 9.17) is 0 Å². The smallest absolute Gasteiger partial charge is 0.233 e. The maximum atomic E-state index is 13.6. The first-order chi connectivity index (χ1) is 11.9. The maximum absolute atomic E-state index is 13.6. The van der Waals surface area contributed by atoms with Gasteiger partial charge in [-0.15, -0.1) is 0 Å². The van der Waals surface area contributed by atoms with Gasteiger partial charge >= 0.3 is 0 Å². The molecule has 0 spiro atoms. The second-order valence-electron chi connectivity index (χ2n) is 7.17. The molecule has 3 rings (SSSR count). The number of hydrogen-bond donors (Lipinski definition) is 0. The summed E-state index contributed by atoms with van der Waals surface area (Å²) < 4.78 is 13.6. The Morgan fingerprint density at radius 3 is 2.28 bits per heavy atom. The fourth-order valence-electron chi connectivity index (χ4n) is 3.55. The fourth-order valence-corrected chi connectivity index (χ4v) is 3.55. The van der Waals surface area contributed by atoms with Gasteiger partial charge in [0.15, 0.2) is 0 Å². The van der Waals surface area contributed by atoms with Gasteiger partial charge in [-0.2, -0.15) is 0 Å². The molecule has 132 valence electrons. The molecular weight excluding hydrogens is 315 g/mol. The summed E-state index contributed by atoms with van der Waals surface area (Å²) in [4.78, 5) is 17.0. The molecule has 0 N–H and O–H groups in total. The van der Waals surface area contributed by atoms with Crippen LogP contribution in [0, 0.1) is 5.82 Å². The third kappa shape index (κ3) is 3.39.